The topological polar surface area (TPSA) is 55.8 Å². The standard InChI is InChI=1S/C20H18BrNO4/c1-25-15-6-7-18-16(10-15)17(23)11-20(26-18)8-9-22(12-20)19(24)13-2-4-14(21)5-3-13/h2-7,10H,8-9,11-12H2,1H3. The number of halogens is 1. The Balaban J connectivity index is 1.55. The van der Waals surface area contributed by atoms with Crippen LogP contribution >= 0.6 is 15.9 Å². The lowest BCUT2D eigenvalue weighted by molar-refractivity contribution is 0.0427. The summed E-state index contributed by atoms with van der Waals surface area (Å²) in [5.41, 5.74) is 0.550. The third-order valence-electron chi connectivity index (χ3n) is 4.99. The van der Waals surface area contributed by atoms with Gasteiger partial charge >= 0.3 is 0 Å². The van der Waals surface area contributed by atoms with Gasteiger partial charge in [0, 0.05) is 23.0 Å². The molecule has 26 heavy (non-hydrogen) atoms. The average Bonchev–Trinajstić information content (AvgIpc) is 3.04. The number of hydrogen-bond donors (Lipinski definition) is 0. The summed E-state index contributed by atoms with van der Waals surface area (Å²) in [6.45, 7) is 0.993. The number of carbonyl (C=O) groups excluding carboxylic acids is 2. The van der Waals surface area contributed by atoms with Gasteiger partial charge in [-0.05, 0) is 42.5 Å². The number of rotatable bonds is 2. The van der Waals surface area contributed by atoms with Crippen molar-refractivity contribution in [3.05, 3.63) is 58.1 Å². The molecular formula is C20H18BrNO4. The maximum absolute atomic E-state index is 12.7. The van der Waals surface area contributed by atoms with Crippen LogP contribution in [0.2, 0.25) is 0 Å². The number of likely N-dealkylation sites (tertiary alicyclic amines) is 1. The van der Waals surface area contributed by atoms with E-state index in [-0.39, 0.29) is 18.1 Å². The molecule has 0 saturated carbocycles. The highest BCUT2D eigenvalue weighted by Crippen LogP contribution is 2.40. The van der Waals surface area contributed by atoms with Crippen molar-refractivity contribution in [3.8, 4) is 11.5 Å². The van der Waals surface area contributed by atoms with E-state index in [0.29, 0.717) is 42.1 Å². The lowest BCUT2D eigenvalue weighted by Crippen LogP contribution is -2.45. The monoisotopic (exact) mass is 415 g/mol. The highest BCUT2D eigenvalue weighted by Gasteiger charge is 2.47. The van der Waals surface area contributed by atoms with E-state index in [1.54, 1.807) is 42.3 Å². The Kier molecular flexibility index (Phi) is 4.23. The van der Waals surface area contributed by atoms with Crippen LogP contribution < -0.4 is 9.47 Å². The molecule has 0 N–H and O–H groups in total. The number of fused-ring (bicyclic) bond motifs is 1. The molecule has 2 aliphatic heterocycles. The van der Waals surface area contributed by atoms with Gasteiger partial charge in [-0.3, -0.25) is 9.59 Å². The summed E-state index contributed by atoms with van der Waals surface area (Å²) in [5, 5.41) is 0. The number of hydrogen-bond acceptors (Lipinski definition) is 4. The van der Waals surface area contributed by atoms with Crippen molar-refractivity contribution in [1.29, 1.82) is 0 Å². The zero-order chi connectivity index (χ0) is 18.3. The van der Waals surface area contributed by atoms with Crippen LogP contribution in [0.3, 0.4) is 0 Å². The van der Waals surface area contributed by atoms with Crippen LogP contribution in [0.4, 0.5) is 0 Å². The Bertz CT molecular complexity index is 880. The van der Waals surface area contributed by atoms with Crippen molar-refractivity contribution < 1.29 is 19.1 Å². The van der Waals surface area contributed by atoms with Crippen LogP contribution in [0.5, 0.6) is 11.5 Å². The Morgan fingerprint density at radius 2 is 2.00 bits per heavy atom. The van der Waals surface area contributed by atoms with E-state index in [9.17, 15) is 9.59 Å². The van der Waals surface area contributed by atoms with Crippen LogP contribution in [-0.2, 0) is 0 Å². The summed E-state index contributed by atoms with van der Waals surface area (Å²) in [6, 6.07) is 12.6. The second-order valence-corrected chi connectivity index (χ2v) is 7.65. The lowest BCUT2D eigenvalue weighted by atomic mass is 9.89. The minimum Gasteiger partial charge on any atom is -0.497 e. The molecule has 6 heteroatoms. The fourth-order valence-electron chi connectivity index (χ4n) is 3.62. The highest BCUT2D eigenvalue weighted by atomic mass is 79.9. The number of benzene rings is 2. The largest absolute Gasteiger partial charge is 0.497 e. The zero-order valence-electron chi connectivity index (χ0n) is 14.3. The van der Waals surface area contributed by atoms with Gasteiger partial charge < -0.3 is 14.4 Å². The van der Waals surface area contributed by atoms with E-state index < -0.39 is 5.60 Å². The predicted molar refractivity (Wildman–Crippen MR) is 100.0 cm³/mol. The zero-order valence-corrected chi connectivity index (χ0v) is 15.9. The van der Waals surface area contributed by atoms with E-state index in [1.165, 1.54) is 0 Å². The van der Waals surface area contributed by atoms with Crippen molar-refractivity contribution in [3.63, 3.8) is 0 Å². The molecule has 2 aromatic rings. The normalized spacial score (nSPS) is 21.5. The quantitative estimate of drug-likeness (QED) is 0.749. The molecule has 1 atom stereocenters. The molecule has 2 aromatic carbocycles. The molecular weight excluding hydrogens is 398 g/mol. The highest BCUT2D eigenvalue weighted by molar-refractivity contribution is 9.10. The van der Waals surface area contributed by atoms with Crippen LogP contribution in [0.15, 0.2) is 46.9 Å². The smallest absolute Gasteiger partial charge is 0.253 e. The minimum absolute atomic E-state index is 0.0306. The second-order valence-electron chi connectivity index (χ2n) is 6.73. The van der Waals surface area contributed by atoms with Gasteiger partial charge in [0.15, 0.2) is 5.78 Å². The molecule has 134 valence electrons. The van der Waals surface area contributed by atoms with E-state index in [1.807, 2.05) is 12.1 Å². The molecule has 1 spiro atoms. The number of nitrogens with zero attached hydrogens (tertiary/aromatic N) is 1. The van der Waals surface area contributed by atoms with Crippen molar-refractivity contribution >= 4 is 27.6 Å². The van der Waals surface area contributed by atoms with Crippen molar-refractivity contribution in [2.45, 2.75) is 18.4 Å². The summed E-state index contributed by atoms with van der Waals surface area (Å²) in [7, 11) is 1.57. The number of methoxy groups -OCH3 is 1. The number of ether oxygens (including phenoxy) is 2. The summed E-state index contributed by atoms with van der Waals surface area (Å²) in [5.74, 6) is 1.20. The summed E-state index contributed by atoms with van der Waals surface area (Å²) >= 11 is 3.38. The Morgan fingerprint density at radius 3 is 2.73 bits per heavy atom. The molecule has 1 fully saturated rings. The van der Waals surface area contributed by atoms with Crippen molar-refractivity contribution in [2.75, 3.05) is 20.2 Å². The second kappa shape index (κ2) is 6.43. The Morgan fingerprint density at radius 1 is 1.23 bits per heavy atom. The predicted octanol–water partition coefficient (Wildman–Crippen LogP) is 3.71. The first-order valence-electron chi connectivity index (χ1n) is 8.45. The molecule has 0 aliphatic carbocycles. The maximum Gasteiger partial charge on any atom is 0.253 e. The van der Waals surface area contributed by atoms with E-state index in [4.69, 9.17) is 9.47 Å². The first-order chi connectivity index (χ1) is 12.5. The molecule has 1 unspecified atom stereocenters. The molecule has 5 nitrogen and oxygen atoms in total. The SMILES string of the molecule is COc1ccc2c(c1)C(=O)CC1(CCN(C(=O)c3ccc(Br)cc3)C1)O2. The lowest BCUT2D eigenvalue weighted by Gasteiger charge is -2.34. The molecule has 1 saturated heterocycles. The summed E-state index contributed by atoms with van der Waals surface area (Å²) < 4.78 is 12.3. The summed E-state index contributed by atoms with van der Waals surface area (Å²) in [6.07, 6.45) is 0.920. The minimum atomic E-state index is -0.635. The fraction of sp³-hybridized carbons (Fsp3) is 0.300. The van der Waals surface area contributed by atoms with Gasteiger partial charge in [0.2, 0.25) is 0 Å². The molecule has 0 radical (unpaired) electrons. The Hall–Kier alpha value is -2.34. The number of Topliss-reactive ketones (excluding diaryl/α,β-unsaturated/α-hetero) is 1. The van der Waals surface area contributed by atoms with Crippen LogP contribution in [0.25, 0.3) is 0 Å². The van der Waals surface area contributed by atoms with Gasteiger partial charge in [-0.25, -0.2) is 0 Å². The molecule has 0 aromatic heterocycles. The maximum atomic E-state index is 12.7. The van der Waals surface area contributed by atoms with Gasteiger partial charge in [0.1, 0.15) is 17.1 Å². The molecule has 2 aliphatic rings. The Labute approximate surface area is 160 Å². The van der Waals surface area contributed by atoms with Gasteiger partial charge in [-0.2, -0.15) is 0 Å². The average molecular weight is 416 g/mol. The number of carbonyl (C=O) groups is 2. The first-order valence-corrected chi connectivity index (χ1v) is 9.24. The van der Waals surface area contributed by atoms with Crippen molar-refractivity contribution in [1.82, 2.24) is 4.90 Å². The molecule has 1 amide bonds. The van der Waals surface area contributed by atoms with E-state index in [2.05, 4.69) is 15.9 Å². The third-order valence-corrected chi connectivity index (χ3v) is 5.52. The molecule has 2 heterocycles. The van der Waals surface area contributed by atoms with Crippen LogP contribution in [-0.4, -0.2) is 42.4 Å². The van der Waals surface area contributed by atoms with Gasteiger partial charge in [-0.1, -0.05) is 15.9 Å². The molecule has 4 rings (SSSR count). The summed E-state index contributed by atoms with van der Waals surface area (Å²) in [4.78, 5) is 27.2. The van der Waals surface area contributed by atoms with Gasteiger partial charge in [0.05, 0.1) is 25.6 Å². The first kappa shape index (κ1) is 17.1. The number of ketones is 1. The van der Waals surface area contributed by atoms with Gasteiger partial charge in [0.25, 0.3) is 5.91 Å². The number of amides is 1. The van der Waals surface area contributed by atoms with Crippen LogP contribution in [0.1, 0.15) is 33.6 Å². The third kappa shape index (κ3) is 2.98. The molecule has 0 bridgehead atoms. The van der Waals surface area contributed by atoms with E-state index >= 15 is 0 Å². The van der Waals surface area contributed by atoms with E-state index in [0.717, 1.165) is 4.47 Å². The van der Waals surface area contributed by atoms with Gasteiger partial charge in [-0.15, -0.1) is 0 Å². The van der Waals surface area contributed by atoms with Crippen LogP contribution in [0, 0.1) is 0 Å². The fourth-order valence-corrected chi connectivity index (χ4v) is 3.89. The van der Waals surface area contributed by atoms with Crippen molar-refractivity contribution in [2.24, 2.45) is 0 Å².